The number of aromatic nitrogens is 2. The van der Waals surface area contributed by atoms with E-state index in [9.17, 15) is 14.8 Å². The van der Waals surface area contributed by atoms with Gasteiger partial charge in [0.05, 0.1) is 6.61 Å². The Balaban J connectivity index is 1.82. The van der Waals surface area contributed by atoms with E-state index in [2.05, 4.69) is 21.3 Å². The normalized spacial score (nSPS) is 12.2. The number of phenols is 1. The van der Waals surface area contributed by atoms with Crippen molar-refractivity contribution < 1.29 is 29.1 Å². The van der Waals surface area contributed by atoms with Gasteiger partial charge in [0.25, 0.3) is 0 Å². The van der Waals surface area contributed by atoms with E-state index in [0.717, 1.165) is 11.1 Å². The molecule has 1 heterocycles. The minimum atomic E-state index is -4.67. The van der Waals surface area contributed by atoms with Crippen LogP contribution in [-0.2, 0) is 15.7 Å². The summed E-state index contributed by atoms with van der Waals surface area (Å²) in [5, 5.41) is 18.8. The Labute approximate surface area is 167 Å². The summed E-state index contributed by atoms with van der Waals surface area (Å²) < 4.78 is 17.2. The highest BCUT2D eigenvalue weighted by Crippen LogP contribution is 2.36. The monoisotopic (exact) mass is 414 g/mol. The minimum Gasteiger partial charge on any atom is -0.508 e. The molecule has 4 N–H and O–H groups in total. The van der Waals surface area contributed by atoms with Gasteiger partial charge in [0.15, 0.2) is 0 Å². The van der Waals surface area contributed by atoms with Crippen LogP contribution in [0.5, 0.6) is 5.75 Å². The number of hydrogen-bond acceptors (Lipinski definition) is 5. The van der Waals surface area contributed by atoms with Gasteiger partial charge in [-0.1, -0.05) is 36.1 Å². The average Bonchev–Trinajstić information content (AvgIpc) is 3.17. The Morgan fingerprint density at radius 2 is 1.69 bits per heavy atom. The number of hydrogen-bond donors (Lipinski definition) is 4. The first-order valence-corrected chi connectivity index (χ1v) is 10.1. The van der Waals surface area contributed by atoms with Gasteiger partial charge in [-0.25, -0.2) is 9.55 Å². The molecular weight excluding hydrogens is 395 g/mol. The molecule has 1 atom stereocenters. The van der Waals surface area contributed by atoms with Crippen LogP contribution in [0.25, 0.3) is 11.1 Å². The topological polar surface area (TPSA) is 125 Å². The van der Waals surface area contributed by atoms with Gasteiger partial charge < -0.3 is 24.6 Å². The molecule has 0 fully saturated rings. The molecule has 3 aromatic rings. The molecule has 1 unspecified atom stereocenters. The van der Waals surface area contributed by atoms with Crippen molar-refractivity contribution in [1.29, 1.82) is 0 Å². The number of aliphatic hydroxyl groups is 1. The van der Waals surface area contributed by atoms with Crippen molar-refractivity contribution in [2.75, 3.05) is 6.61 Å². The van der Waals surface area contributed by atoms with Gasteiger partial charge in [0.2, 0.25) is 0 Å². The number of aliphatic hydroxyl groups excluding tert-OH is 1. The number of rotatable bonds is 6. The molecule has 9 heteroatoms. The van der Waals surface area contributed by atoms with Crippen LogP contribution in [0, 0.1) is 11.8 Å². The van der Waals surface area contributed by atoms with Crippen molar-refractivity contribution >= 4 is 7.82 Å². The number of imidazole rings is 1. The number of phosphoric ester groups is 1. The van der Waals surface area contributed by atoms with Crippen LogP contribution in [0.15, 0.2) is 60.9 Å². The number of phosphoric acid groups is 1. The van der Waals surface area contributed by atoms with Crippen LogP contribution in [0.4, 0.5) is 0 Å². The summed E-state index contributed by atoms with van der Waals surface area (Å²) in [5.74, 6) is 6.37. The first-order chi connectivity index (χ1) is 13.9. The molecule has 3 rings (SSSR count). The summed E-state index contributed by atoms with van der Waals surface area (Å²) in [6.45, 7) is -0.714. The molecule has 0 bridgehead atoms. The smallest absolute Gasteiger partial charge is 0.469 e. The largest absolute Gasteiger partial charge is 0.508 e. The van der Waals surface area contributed by atoms with Gasteiger partial charge in [-0.15, -0.1) is 0 Å². The highest BCUT2D eigenvalue weighted by atomic mass is 31.2. The fourth-order valence-electron chi connectivity index (χ4n) is 2.68. The second-order valence-electron chi connectivity index (χ2n) is 6.10. The average molecular weight is 414 g/mol. The maximum atomic E-state index is 11.1. The Hall–Kier alpha value is -2.92. The maximum absolute atomic E-state index is 11.1. The first kappa shape index (κ1) is 20.8. The van der Waals surface area contributed by atoms with Gasteiger partial charge in [-0.3, -0.25) is 4.52 Å². The predicted molar refractivity (Wildman–Crippen MR) is 106 cm³/mol. The van der Waals surface area contributed by atoms with E-state index in [-0.39, 0.29) is 19.0 Å². The molecule has 0 aliphatic rings. The maximum Gasteiger partial charge on any atom is 0.469 e. The quantitative estimate of drug-likeness (QED) is 0.361. The molecule has 0 saturated heterocycles. The fourth-order valence-corrected chi connectivity index (χ4v) is 3.01. The van der Waals surface area contributed by atoms with E-state index in [1.54, 1.807) is 30.5 Å². The number of aromatic hydroxyl groups is 1. The van der Waals surface area contributed by atoms with Crippen LogP contribution >= 0.6 is 7.82 Å². The molecule has 0 aliphatic heterocycles. The lowest BCUT2D eigenvalue weighted by Gasteiger charge is -2.15. The molecular formula is C20H19N2O6P. The number of phenolic OH excluding ortho intramolecular Hbond substituents is 1. The summed E-state index contributed by atoms with van der Waals surface area (Å²) in [6, 6.07) is 13.5. The Morgan fingerprint density at radius 3 is 2.28 bits per heavy atom. The highest BCUT2D eigenvalue weighted by Gasteiger charge is 2.19. The highest BCUT2D eigenvalue weighted by molar-refractivity contribution is 7.46. The third kappa shape index (κ3) is 5.78. The zero-order chi connectivity index (χ0) is 20.9. The van der Waals surface area contributed by atoms with Gasteiger partial charge in [-0.2, -0.15) is 0 Å². The van der Waals surface area contributed by atoms with Gasteiger partial charge in [0.1, 0.15) is 24.2 Å². The van der Waals surface area contributed by atoms with Crippen LogP contribution in [0.2, 0.25) is 0 Å². The SMILES string of the molecule is O=P(O)(O)OCC(C#Cc1ccc(-c2ccc(O)cc2)cc1)n1ccnc1CO. The molecule has 0 amide bonds. The fraction of sp³-hybridized carbons (Fsp3) is 0.150. The number of benzene rings is 2. The summed E-state index contributed by atoms with van der Waals surface area (Å²) in [5.41, 5.74) is 2.59. The second-order valence-corrected chi connectivity index (χ2v) is 7.34. The van der Waals surface area contributed by atoms with Gasteiger partial charge in [-0.05, 0) is 35.4 Å². The minimum absolute atomic E-state index is 0.196. The van der Waals surface area contributed by atoms with Crippen molar-refractivity contribution in [3.63, 3.8) is 0 Å². The zero-order valence-corrected chi connectivity index (χ0v) is 16.1. The van der Waals surface area contributed by atoms with Crippen molar-refractivity contribution in [1.82, 2.24) is 9.55 Å². The standard InChI is InChI=1S/C20H19N2O6P/c23-13-20-21-11-12-22(20)18(14-28-29(25,26)27)8-3-15-1-4-16(5-2-15)17-6-9-19(24)10-7-17/h1-2,4-7,9-12,18,23-24H,13-14H2,(H2,25,26,27). The lowest BCUT2D eigenvalue weighted by atomic mass is 10.0. The Bertz CT molecular complexity index is 1060. The summed E-state index contributed by atoms with van der Waals surface area (Å²) >= 11 is 0. The van der Waals surface area contributed by atoms with Crippen molar-refractivity contribution in [2.45, 2.75) is 12.6 Å². The van der Waals surface area contributed by atoms with E-state index in [1.165, 1.54) is 10.8 Å². The zero-order valence-electron chi connectivity index (χ0n) is 15.2. The Kier molecular flexibility index (Phi) is 6.49. The van der Waals surface area contributed by atoms with Crippen molar-refractivity contribution in [3.8, 4) is 28.7 Å². The number of nitrogens with zero attached hydrogens (tertiary/aromatic N) is 2. The first-order valence-electron chi connectivity index (χ1n) is 8.59. The van der Waals surface area contributed by atoms with Gasteiger partial charge >= 0.3 is 7.82 Å². The van der Waals surface area contributed by atoms with E-state index >= 15 is 0 Å². The van der Waals surface area contributed by atoms with E-state index in [0.29, 0.717) is 11.4 Å². The van der Waals surface area contributed by atoms with Crippen LogP contribution < -0.4 is 0 Å². The second kappa shape index (κ2) is 9.05. The molecule has 29 heavy (non-hydrogen) atoms. The molecule has 0 aliphatic carbocycles. The Morgan fingerprint density at radius 1 is 1.07 bits per heavy atom. The molecule has 0 saturated carbocycles. The molecule has 0 spiro atoms. The molecule has 1 aromatic heterocycles. The third-order valence-electron chi connectivity index (χ3n) is 4.10. The van der Waals surface area contributed by atoms with Crippen LogP contribution in [0.1, 0.15) is 17.4 Å². The molecule has 0 radical (unpaired) electrons. The van der Waals surface area contributed by atoms with Crippen LogP contribution in [0.3, 0.4) is 0 Å². The van der Waals surface area contributed by atoms with E-state index in [4.69, 9.17) is 9.79 Å². The lowest BCUT2D eigenvalue weighted by Crippen LogP contribution is -2.15. The van der Waals surface area contributed by atoms with Crippen molar-refractivity contribution in [2.24, 2.45) is 0 Å². The van der Waals surface area contributed by atoms with E-state index < -0.39 is 13.9 Å². The van der Waals surface area contributed by atoms with Crippen LogP contribution in [-0.4, -0.2) is 36.2 Å². The summed E-state index contributed by atoms with van der Waals surface area (Å²) in [6.07, 6.45) is 3.02. The summed E-state index contributed by atoms with van der Waals surface area (Å²) in [4.78, 5) is 21.9. The van der Waals surface area contributed by atoms with E-state index in [1.807, 2.05) is 24.3 Å². The predicted octanol–water partition coefficient (Wildman–Crippen LogP) is 2.45. The molecule has 2 aromatic carbocycles. The third-order valence-corrected chi connectivity index (χ3v) is 4.58. The summed E-state index contributed by atoms with van der Waals surface area (Å²) in [7, 11) is -4.67. The lowest BCUT2D eigenvalue weighted by molar-refractivity contribution is 0.179. The molecule has 150 valence electrons. The molecule has 8 nitrogen and oxygen atoms in total. The van der Waals surface area contributed by atoms with Gasteiger partial charge in [0, 0.05) is 18.0 Å². The van der Waals surface area contributed by atoms with Crippen molar-refractivity contribution in [3.05, 3.63) is 72.3 Å².